The van der Waals surface area contributed by atoms with Crippen LogP contribution in [0.5, 0.6) is 0 Å². The van der Waals surface area contributed by atoms with Crippen molar-refractivity contribution >= 4 is 11.3 Å². The van der Waals surface area contributed by atoms with Crippen LogP contribution in [0.1, 0.15) is 18.7 Å². The van der Waals surface area contributed by atoms with Crippen molar-refractivity contribution in [2.75, 3.05) is 40.3 Å². The minimum absolute atomic E-state index is 0.600. The Hall–Kier alpha value is -0.420. The van der Waals surface area contributed by atoms with Gasteiger partial charge in [0.05, 0.1) is 0 Å². The zero-order valence-electron chi connectivity index (χ0n) is 12.1. The van der Waals surface area contributed by atoms with Crippen LogP contribution >= 0.6 is 11.3 Å². The van der Waals surface area contributed by atoms with Gasteiger partial charge in [-0.05, 0) is 39.4 Å². The van der Waals surface area contributed by atoms with E-state index < -0.39 is 0 Å². The summed E-state index contributed by atoms with van der Waals surface area (Å²) in [6.07, 6.45) is 0. The molecule has 1 N–H and O–H groups in total. The molecule has 3 nitrogen and oxygen atoms in total. The van der Waals surface area contributed by atoms with E-state index in [2.05, 4.69) is 60.6 Å². The Kier molecular flexibility index (Phi) is 7.51. The molecule has 0 saturated heterocycles. The van der Waals surface area contributed by atoms with Crippen LogP contribution in [0.15, 0.2) is 17.5 Å². The molecular formula is C14H27N3S. The van der Waals surface area contributed by atoms with Crippen LogP contribution < -0.4 is 5.32 Å². The van der Waals surface area contributed by atoms with E-state index in [-0.39, 0.29) is 0 Å². The van der Waals surface area contributed by atoms with E-state index in [1.807, 2.05) is 11.3 Å². The van der Waals surface area contributed by atoms with Crippen molar-refractivity contribution in [2.24, 2.45) is 0 Å². The third-order valence-electron chi connectivity index (χ3n) is 2.98. The number of thiophene rings is 1. The summed E-state index contributed by atoms with van der Waals surface area (Å²) in [7, 11) is 4.22. The van der Waals surface area contributed by atoms with Crippen LogP contribution in [-0.2, 0) is 6.54 Å². The summed E-state index contributed by atoms with van der Waals surface area (Å²) in [5, 5.41) is 5.66. The molecule has 0 bridgehead atoms. The number of nitrogens with zero attached hydrogens (tertiary/aromatic N) is 2. The Bertz CT molecular complexity index is 296. The standard InChI is InChI=1S/C14H27N3S/c1-13(2)17(12-14-6-5-11-18-14)10-8-15-7-9-16(3)4/h5-6,11,13,15H,7-10,12H2,1-4H3. The summed E-state index contributed by atoms with van der Waals surface area (Å²) in [6, 6.07) is 4.95. The molecule has 1 aromatic heterocycles. The zero-order valence-corrected chi connectivity index (χ0v) is 13.0. The molecule has 0 aliphatic rings. The van der Waals surface area contributed by atoms with Gasteiger partial charge in [-0.15, -0.1) is 11.3 Å². The Morgan fingerprint density at radius 2 is 1.94 bits per heavy atom. The van der Waals surface area contributed by atoms with Gasteiger partial charge in [0.1, 0.15) is 0 Å². The second-order valence-electron chi connectivity index (χ2n) is 5.20. The lowest BCUT2D eigenvalue weighted by Gasteiger charge is -2.26. The number of hydrogen-bond donors (Lipinski definition) is 1. The average molecular weight is 269 g/mol. The van der Waals surface area contributed by atoms with E-state index >= 15 is 0 Å². The lowest BCUT2D eigenvalue weighted by Crippen LogP contribution is -2.37. The van der Waals surface area contributed by atoms with Crippen molar-refractivity contribution in [3.63, 3.8) is 0 Å². The van der Waals surface area contributed by atoms with Crippen molar-refractivity contribution < 1.29 is 0 Å². The molecule has 0 aliphatic carbocycles. The fourth-order valence-electron chi connectivity index (χ4n) is 1.77. The lowest BCUT2D eigenvalue weighted by atomic mass is 10.3. The molecule has 0 atom stereocenters. The molecule has 0 aromatic carbocycles. The molecule has 1 rings (SSSR count). The molecule has 18 heavy (non-hydrogen) atoms. The predicted octanol–water partition coefficient (Wildman–Crippen LogP) is 2.11. The summed E-state index contributed by atoms with van der Waals surface area (Å²) < 4.78 is 0. The molecular weight excluding hydrogens is 242 g/mol. The number of nitrogens with one attached hydrogen (secondary N) is 1. The van der Waals surface area contributed by atoms with Crippen molar-refractivity contribution in [3.8, 4) is 0 Å². The fraction of sp³-hybridized carbons (Fsp3) is 0.714. The van der Waals surface area contributed by atoms with Crippen molar-refractivity contribution in [3.05, 3.63) is 22.4 Å². The molecule has 104 valence electrons. The van der Waals surface area contributed by atoms with Gasteiger partial charge < -0.3 is 10.2 Å². The first-order valence-corrected chi connectivity index (χ1v) is 7.59. The highest BCUT2D eigenvalue weighted by Gasteiger charge is 2.09. The third kappa shape index (κ3) is 6.50. The van der Waals surface area contributed by atoms with Gasteiger partial charge in [0.2, 0.25) is 0 Å². The first-order chi connectivity index (χ1) is 8.59. The SMILES string of the molecule is CC(C)N(CCNCCN(C)C)Cc1cccs1. The molecule has 1 heterocycles. The van der Waals surface area contributed by atoms with Gasteiger partial charge in [-0.1, -0.05) is 6.07 Å². The van der Waals surface area contributed by atoms with Gasteiger partial charge in [0.25, 0.3) is 0 Å². The van der Waals surface area contributed by atoms with Gasteiger partial charge in [0, 0.05) is 43.6 Å². The maximum Gasteiger partial charge on any atom is 0.0331 e. The van der Waals surface area contributed by atoms with E-state index in [1.54, 1.807) is 0 Å². The zero-order chi connectivity index (χ0) is 13.4. The van der Waals surface area contributed by atoms with Crippen molar-refractivity contribution in [2.45, 2.75) is 26.4 Å². The smallest absolute Gasteiger partial charge is 0.0331 e. The van der Waals surface area contributed by atoms with Gasteiger partial charge in [0.15, 0.2) is 0 Å². The summed E-state index contributed by atoms with van der Waals surface area (Å²) in [6.45, 7) is 9.97. The Balaban J connectivity index is 2.22. The second-order valence-corrected chi connectivity index (χ2v) is 6.23. The van der Waals surface area contributed by atoms with E-state index in [4.69, 9.17) is 0 Å². The second kappa shape index (κ2) is 8.64. The Morgan fingerprint density at radius 1 is 1.22 bits per heavy atom. The Labute approximate surface area is 116 Å². The predicted molar refractivity (Wildman–Crippen MR) is 81.3 cm³/mol. The topological polar surface area (TPSA) is 18.5 Å². The highest BCUT2D eigenvalue weighted by atomic mass is 32.1. The fourth-order valence-corrected chi connectivity index (χ4v) is 2.50. The molecule has 0 spiro atoms. The monoisotopic (exact) mass is 269 g/mol. The minimum Gasteiger partial charge on any atom is -0.314 e. The van der Waals surface area contributed by atoms with Crippen molar-refractivity contribution in [1.29, 1.82) is 0 Å². The molecule has 0 amide bonds. The highest BCUT2D eigenvalue weighted by molar-refractivity contribution is 7.09. The first kappa shape index (κ1) is 15.6. The third-order valence-corrected chi connectivity index (χ3v) is 3.84. The summed E-state index contributed by atoms with van der Waals surface area (Å²) in [5.74, 6) is 0. The van der Waals surface area contributed by atoms with Crippen LogP contribution in [0.3, 0.4) is 0 Å². The van der Waals surface area contributed by atoms with Crippen LogP contribution in [0.4, 0.5) is 0 Å². The minimum atomic E-state index is 0.600. The van der Waals surface area contributed by atoms with Gasteiger partial charge >= 0.3 is 0 Å². The van der Waals surface area contributed by atoms with Crippen LogP contribution in [0, 0.1) is 0 Å². The van der Waals surface area contributed by atoms with Gasteiger partial charge in [-0.2, -0.15) is 0 Å². The first-order valence-electron chi connectivity index (χ1n) is 6.71. The molecule has 0 aliphatic heterocycles. The largest absolute Gasteiger partial charge is 0.314 e. The molecule has 4 heteroatoms. The summed E-state index contributed by atoms with van der Waals surface area (Å²) in [4.78, 5) is 6.19. The molecule has 0 saturated carbocycles. The van der Waals surface area contributed by atoms with E-state index in [0.717, 1.165) is 32.7 Å². The Morgan fingerprint density at radius 3 is 2.50 bits per heavy atom. The molecule has 0 unspecified atom stereocenters. The normalized spacial score (nSPS) is 11.9. The lowest BCUT2D eigenvalue weighted by molar-refractivity contribution is 0.214. The van der Waals surface area contributed by atoms with Gasteiger partial charge in [-0.25, -0.2) is 0 Å². The van der Waals surface area contributed by atoms with E-state index in [9.17, 15) is 0 Å². The molecule has 1 aromatic rings. The number of hydrogen-bond acceptors (Lipinski definition) is 4. The summed E-state index contributed by atoms with van der Waals surface area (Å²) in [5.41, 5.74) is 0. The average Bonchev–Trinajstić information content (AvgIpc) is 2.79. The maximum absolute atomic E-state index is 3.50. The van der Waals surface area contributed by atoms with E-state index in [0.29, 0.717) is 6.04 Å². The van der Waals surface area contributed by atoms with Crippen LogP contribution in [0.25, 0.3) is 0 Å². The number of likely N-dealkylation sites (N-methyl/N-ethyl adjacent to an activating group) is 1. The molecule has 0 fully saturated rings. The quantitative estimate of drug-likeness (QED) is 0.693. The van der Waals surface area contributed by atoms with Crippen LogP contribution in [-0.4, -0.2) is 56.1 Å². The van der Waals surface area contributed by atoms with Crippen molar-refractivity contribution in [1.82, 2.24) is 15.1 Å². The van der Waals surface area contributed by atoms with Crippen LogP contribution in [0.2, 0.25) is 0 Å². The van der Waals surface area contributed by atoms with E-state index in [1.165, 1.54) is 4.88 Å². The highest BCUT2D eigenvalue weighted by Crippen LogP contribution is 2.13. The van der Waals surface area contributed by atoms with Gasteiger partial charge in [-0.3, -0.25) is 4.90 Å². The summed E-state index contributed by atoms with van der Waals surface area (Å²) >= 11 is 1.85. The molecule has 0 radical (unpaired) electrons. The number of rotatable bonds is 9. The maximum atomic E-state index is 3.50.